The van der Waals surface area contributed by atoms with Crippen LogP contribution in [0.25, 0.3) is 0 Å². The normalized spacial score (nSPS) is 11.7. The number of carbonyl (C=O) groups excluding carboxylic acids is 1. The molecule has 0 aliphatic carbocycles. The zero-order chi connectivity index (χ0) is 17.0. The third kappa shape index (κ3) is 4.44. The van der Waals surface area contributed by atoms with Gasteiger partial charge in [-0.05, 0) is 36.4 Å². The van der Waals surface area contributed by atoms with Gasteiger partial charge >= 0.3 is 6.03 Å². The van der Waals surface area contributed by atoms with Crippen molar-refractivity contribution in [1.29, 1.82) is 0 Å². The van der Waals surface area contributed by atoms with Crippen molar-refractivity contribution in [3.8, 4) is 0 Å². The van der Waals surface area contributed by atoms with E-state index in [2.05, 4.69) is 10.0 Å². The van der Waals surface area contributed by atoms with Crippen LogP contribution in [-0.2, 0) is 11.3 Å². The Morgan fingerprint density at radius 1 is 0.913 bits per heavy atom. The quantitative estimate of drug-likeness (QED) is 0.506. The molecule has 0 saturated carbocycles. The lowest BCUT2D eigenvalue weighted by atomic mass is 10.2. The Bertz CT molecular complexity index is 756. The zero-order valence-corrected chi connectivity index (χ0v) is 12.1. The standard InChI is InChI=1S/C13H10F3N3O3S/c14-9-5-6-10(12(16)11(9)15)18-13(20)17-7-1-3-8(4-2-7)19-23(21)22/h1-6,19H,(H,21,22)(H2,17,18,20). The second kappa shape index (κ2) is 7.11. The summed E-state index contributed by atoms with van der Waals surface area (Å²) >= 11 is -2.22. The lowest BCUT2D eigenvalue weighted by Gasteiger charge is -2.09. The molecule has 10 heteroatoms. The summed E-state index contributed by atoms with van der Waals surface area (Å²) < 4.78 is 60.6. The van der Waals surface area contributed by atoms with Crippen LogP contribution >= 0.6 is 0 Å². The number of amides is 2. The molecular weight excluding hydrogens is 335 g/mol. The number of hydrogen-bond donors (Lipinski definition) is 4. The molecular formula is C13H10F3N3O3S. The molecule has 0 bridgehead atoms. The number of halogens is 3. The minimum atomic E-state index is -2.22. The van der Waals surface area contributed by atoms with E-state index < -0.39 is 40.4 Å². The van der Waals surface area contributed by atoms with Crippen LogP contribution in [0.15, 0.2) is 36.4 Å². The van der Waals surface area contributed by atoms with E-state index in [0.717, 1.165) is 6.07 Å². The number of benzene rings is 2. The molecule has 1 atom stereocenters. The van der Waals surface area contributed by atoms with Crippen molar-refractivity contribution < 1.29 is 26.7 Å². The van der Waals surface area contributed by atoms with Crippen molar-refractivity contribution in [2.45, 2.75) is 0 Å². The monoisotopic (exact) mass is 345 g/mol. The molecule has 2 aromatic rings. The highest BCUT2D eigenvalue weighted by Gasteiger charge is 2.15. The molecule has 122 valence electrons. The van der Waals surface area contributed by atoms with E-state index in [1.165, 1.54) is 24.3 Å². The highest BCUT2D eigenvalue weighted by molar-refractivity contribution is 7.80. The molecule has 2 aromatic carbocycles. The maximum Gasteiger partial charge on any atom is 0.323 e. The first-order chi connectivity index (χ1) is 10.9. The Balaban J connectivity index is 2.02. The molecule has 0 heterocycles. The minimum Gasteiger partial charge on any atom is -0.308 e. The maximum absolute atomic E-state index is 13.4. The van der Waals surface area contributed by atoms with Crippen LogP contribution in [0.1, 0.15) is 0 Å². The second-order valence-electron chi connectivity index (χ2n) is 4.23. The van der Waals surface area contributed by atoms with Crippen LogP contribution in [0.5, 0.6) is 0 Å². The molecule has 4 N–H and O–H groups in total. The number of nitrogens with one attached hydrogen (secondary N) is 3. The molecule has 0 spiro atoms. The van der Waals surface area contributed by atoms with Gasteiger partial charge in [0.2, 0.25) is 0 Å². The molecule has 23 heavy (non-hydrogen) atoms. The Hall–Kier alpha value is -2.59. The minimum absolute atomic E-state index is 0.291. The van der Waals surface area contributed by atoms with E-state index in [1.54, 1.807) is 0 Å². The fourth-order valence-electron chi connectivity index (χ4n) is 1.63. The smallest absolute Gasteiger partial charge is 0.308 e. The predicted molar refractivity (Wildman–Crippen MR) is 79.8 cm³/mol. The molecule has 0 aromatic heterocycles. The van der Waals surface area contributed by atoms with Crippen LogP contribution in [0.3, 0.4) is 0 Å². The van der Waals surface area contributed by atoms with Crippen LogP contribution in [-0.4, -0.2) is 14.8 Å². The average Bonchev–Trinajstić information content (AvgIpc) is 2.49. The molecule has 2 amide bonds. The van der Waals surface area contributed by atoms with Crippen molar-refractivity contribution in [3.63, 3.8) is 0 Å². The van der Waals surface area contributed by atoms with Crippen molar-refractivity contribution in [2.24, 2.45) is 0 Å². The summed E-state index contributed by atoms with van der Waals surface area (Å²) in [6.07, 6.45) is 0. The van der Waals surface area contributed by atoms with Gasteiger partial charge in [-0.25, -0.2) is 22.2 Å². The number of carbonyl (C=O) groups is 1. The molecule has 2 rings (SSSR count). The molecule has 1 unspecified atom stereocenters. The lowest BCUT2D eigenvalue weighted by Crippen LogP contribution is -2.20. The summed E-state index contributed by atoms with van der Waals surface area (Å²) in [7, 11) is 0. The topological polar surface area (TPSA) is 90.5 Å². The molecule has 0 fully saturated rings. The zero-order valence-electron chi connectivity index (χ0n) is 11.3. The van der Waals surface area contributed by atoms with Gasteiger partial charge in [0.25, 0.3) is 11.3 Å². The first-order valence-electron chi connectivity index (χ1n) is 6.06. The fraction of sp³-hybridized carbons (Fsp3) is 0. The van der Waals surface area contributed by atoms with Crippen molar-refractivity contribution in [3.05, 3.63) is 53.8 Å². The van der Waals surface area contributed by atoms with Gasteiger partial charge in [0.15, 0.2) is 17.5 Å². The van der Waals surface area contributed by atoms with E-state index in [4.69, 9.17) is 4.55 Å². The Labute approximate surface area is 131 Å². The summed E-state index contributed by atoms with van der Waals surface area (Å²) in [5.41, 5.74) is 0.110. The molecule has 0 aliphatic rings. The van der Waals surface area contributed by atoms with E-state index in [0.29, 0.717) is 17.4 Å². The summed E-state index contributed by atoms with van der Waals surface area (Å²) in [6.45, 7) is 0. The Morgan fingerprint density at radius 3 is 2.13 bits per heavy atom. The SMILES string of the molecule is O=C(Nc1ccc(NS(=O)O)cc1)Nc1ccc(F)c(F)c1F. The van der Waals surface area contributed by atoms with Crippen LogP contribution in [0.4, 0.5) is 35.0 Å². The van der Waals surface area contributed by atoms with Gasteiger partial charge in [0.1, 0.15) is 0 Å². The highest BCUT2D eigenvalue weighted by atomic mass is 32.2. The second-order valence-corrected chi connectivity index (χ2v) is 4.93. The molecule has 0 saturated heterocycles. The number of hydrogen-bond acceptors (Lipinski definition) is 2. The summed E-state index contributed by atoms with van der Waals surface area (Å²) in [5, 5.41) is 4.37. The Morgan fingerprint density at radius 2 is 1.52 bits per heavy atom. The lowest BCUT2D eigenvalue weighted by molar-refractivity contribution is 0.262. The summed E-state index contributed by atoms with van der Waals surface area (Å²) in [4.78, 5) is 11.7. The van der Waals surface area contributed by atoms with Crippen molar-refractivity contribution in [2.75, 3.05) is 15.4 Å². The van der Waals surface area contributed by atoms with Gasteiger partial charge in [0.05, 0.1) is 5.69 Å². The number of anilines is 3. The largest absolute Gasteiger partial charge is 0.323 e. The average molecular weight is 345 g/mol. The van der Waals surface area contributed by atoms with Gasteiger partial charge in [-0.15, -0.1) is 0 Å². The van der Waals surface area contributed by atoms with Gasteiger partial charge < -0.3 is 10.6 Å². The van der Waals surface area contributed by atoms with Gasteiger partial charge in [-0.1, -0.05) is 0 Å². The van der Waals surface area contributed by atoms with Crippen LogP contribution in [0.2, 0.25) is 0 Å². The van der Waals surface area contributed by atoms with E-state index >= 15 is 0 Å². The van der Waals surface area contributed by atoms with Crippen molar-refractivity contribution in [1.82, 2.24) is 0 Å². The molecule has 0 radical (unpaired) electrons. The number of urea groups is 1. The van der Waals surface area contributed by atoms with E-state index in [9.17, 15) is 22.2 Å². The van der Waals surface area contributed by atoms with Crippen molar-refractivity contribution >= 4 is 34.4 Å². The van der Waals surface area contributed by atoms with Crippen LogP contribution < -0.4 is 15.4 Å². The number of rotatable bonds is 4. The van der Waals surface area contributed by atoms with E-state index in [1.807, 2.05) is 5.32 Å². The van der Waals surface area contributed by atoms with E-state index in [-0.39, 0.29) is 0 Å². The first kappa shape index (κ1) is 16.8. The summed E-state index contributed by atoms with van der Waals surface area (Å²) in [6, 6.07) is 6.36. The third-order valence-electron chi connectivity index (χ3n) is 2.63. The molecule has 0 aliphatic heterocycles. The third-order valence-corrected chi connectivity index (χ3v) is 3.04. The molecule has 6 nitrogen and oxygen atoms in total. The van der Waals surface area contributed by atoms with Gasteiger partial charge in [-0.3, -0.25) is 9.27 Å². The van der Waals surface area contributed by atoms with Gasteiger partial charge in [0, 0.05) is 11.4 Å². The summed E-state index contributed by atoms with van der Waals surface area (Å²) in [5.74, 6) is -4.56. The highest BCUT2D eigenvalue weighted by Crippen LogP contribution is 2.20. The van der Waals surface area contributed by atoms with Gasteiger partial charge in [-0.2, -0.15) is 0 Å². The predicted octanol–water partition coefficient (Wildman–Crippen LogP) is 3.30. The maximum atomic E-state index is 13.4. The fourth-order valence-corrected chi connectivity index (χ4v) is 1.97. The Kier molecular flexibility index (Phi) is 5.19. The van der Waals surface area contributed by atoms with Crippen LogP contribution in [0, 0.1) is 17.5 Å². The first-order valence-corrected chi connectivity index (χ1v) is 7.16.